The quantitative estimate of drug-likeness (QED) is 0.443. The fourth-order valence-corrected chi connectivity index (χ4v) is 4.58. The van der Waals surface area contributed by atoms with E-state index in [1.165, 1.54) is 6.07 Å². The molecule has 4 rings (SSSR count). The maximum Gasteiger partial charge on any atom is 0.410 e. The second-order valence-corrected chi connectivity index (χ2v) is 12.4. The molecule has 2 aliphatic heterocycles. The van der Waals surface area contributed by atoms with Crippen LogP contribution in [0.15, 0.2) is 48.7 Å². The van der Waals surface area contributed by atoms with Gasteiger partial charge in [-0.1, -0.05) is 18.2 Å². The van der Waals surface area contributed by atoms with Gasteiger partial charge in [0.2, 0.25) is 0 Å². The number of carbonyl (C=O) groups excluding carboxylic acids is 3. The number of anilines is 1. The first-order valence-corrected chi connectivity index (χ1v) is 14.1. The third kappa shape index (κ3) is 8.18. The Kier molecular flexibility index (Phi) is 9.03. The molecule has 0 saturated heterocycles. The number of hydrogen-bond donors (Lipinski definition) is 1. The van der Waals surface area contributed by atoms with E-state index in [1.54, 1.807) is 34.2 Å². The van der Waals surface area contributed by atoms with Crippen molar-refractivity contribution >= 4 is 34.9 Å². The third-order valence-electron chi connectivity index (χ3n) is 6.65. The number of halogens is 1. The molecule has 10 heteroatoms. The van der Waals surface area contributed by atoms with Crippen LogP contribution in [0.25, 0.3) is 11.1 Å². The zero-order valence-corrected chi connectivity index (χ0v) is 25.1. The minimum Gasteiger partial charge on any atom is -0.444 e. The van der Waals surface area contributed by atoms with Crippen molar-refractivity contribution in [2.24, 2.45) is 0 Å². The van der Waals surface area contributed by atoms with Crippen LogP contribution in [0, 0.1) is 5.82 Å². The number of ether oxygens (including phenoxy) is 2. The smallest absolute Gasteiger partial charge is 0.410 e. The van der Waals surface area contributed by atoms with E-state index in [0.29, 0.717) is 50.3 Å². The molecule has 0 saturated carbocycles. The Morgan fingerprint density at radius 1 is 0.833 bits per heavy atom. The van der Waals surface area contributed by atoms with Crippen molar-refractivity contribution in [3.63, 3.8) is 0 Å². The van der Waals surface area contributed by atoms with Gasteiger partial charge in [0.25, 0.3) is 5.91 Å². The van der Waals surface area contributed by atoms with Crippen molar-refractivity contribution in [2.75, 3.05) is 31.5 Å². The summed E-state index contributed by atoms with van der Waals surface area (Å²) in [6.07, 6.45) is 5.71. The first-order valence-electron chi connectivity index (χ1n) is 14.1. The van der Waals surface area contributed by atoms with E-state index in [-0.39, 0.29) is 11.7 Å². The fraction of sp³-hybridized carbons (Fsp3) is 0.438. The first-order chi connectivity index (χ1) is 19.7. The van der Waals surface area contributed by atoms with Gasteiger partial charge in [0.1, 0.15) is 17.0 Å². The molecular weight excluding hydrogens is 539 g/mol. The predicted octanol–water partition coefficient (Wildman–Crippen LogP) is 6.52. The standard InChI is InChI=1S/C32H39FN4O5/c1-31(2,3)41-29(39)36-15-11-21(12-16-36)25-9-7-23(19-26(25)33)28(38)35-24-8-10-27(34-20-24)22-13-17-37(18-14-22)30(40)42-32(4,5)6/h7-11,13,19-20H,12,14-18H2,1-6H3,(H,35,38). The molecule has 0 aliphatic carbocycles. The molecule has 9 nitrogen and oxygen atoms in total. The summed E-state index contributed by atoms with van der Waals surface area (Å²) in [5.74, 6) is -0.952. The molecule has 0 unspecified atom stereocenters. The molecule has 2 aliphatic rings. The third-order valence-corrected chi connectivity index (χ3v) is 6.65. The number of pyridine rings is 1. The zero-order valence-electron chi connectivity index (χ0n) is 25.1. The molecule has 0 fully saturated rings. The van der Waals surface area contributed by atoms with E-state index in [1.807, 2.05) is 59.8 Å². The van der Waals surface area contributed by atoms with Gasteiger partial charge in [-0.15, -0.1) is 0 Å². The maximum absolute atomic E-state index is 15.1. The van der Waals surface area contributed by atoms with Gasteiger partial charge in [0.05, 0.1) is 17.6 Å². The van der Waals surface area contributed by atoms with Gasteiger partial charge < -0.3 is 24.6 Å². The highest BCUT2D eigenvalue weighted by atomic mass is 19.1. The van der Waals surface area contributed by atoms with Crippen molar-refractivity contribution in [1.82, 2.24) is 14.8 Å². The molecule has 1 N–H and O–H groups in total. The molecule has 224 valence electrons. The lowest BCUT2D eigenvalue weighted by Crippen LogP contribution is -2.39. The summed E-state index contributed by atoms with van der Waals surface area (Å²) in [6.45, 7) is 12.7. The van der Waals surface area contributed by atoms with Crippen LogP contribution in [0.3, 0.4) is 0 Å². The minimum atomic E-state index is -0.582. The van der Waals surface area contributed by atoms with Crippen LogP contribution < -0.4 is 5.32 Å². The lowest BCUT2D eigenvalue weighted by molar-refractivity contribution is 0.0260. The van der Waals surface area contributed by atoms with Crippen molar-refractivity contribution in [2.45, 2.75) is 65.6 Å². The summed E-state index contributed by atoms with van der Waals surface area (Å²) in [7, 11) is 0. The number of nitrogens with zero attached hydrogens (tertiary/aromatic N) is 3. The van der Waals surface area contributed by atoms with Crippen LogP contribution >= 0.6 is 0 Å². The Bertz CT molecular complexity index is 1400. The molecular formula is C32H39FN4O5. The number of nitrogens with one attached hydrogen (secondary N) is 1. The lowest BCUT2D eigenvalue weighted by Gasteiger charge is -2.29. The summed E-state index contributed by atoms with van der Waals surface area (Å²) in [5, 5.41) is 2.77. The Labute approximate surface area is 246 Å². The van der Waals surface area contributed by atoms with Gasteiger partial charge in [-0.3, -0.25) is 9.78 Å². The molecule has 0 atom stereocenters. The highest BCUT2D eigenvalue weighted by Crippen LogP contribution is 2.27. The van der Waals surface area contributed by atoms with Gasteiger partial charge in [0.15, 0.2) is 0 Å². The SMILES string of the molecule is CC(C)(C)OC(=O)N1CC=C(c2ccc(NC(=O)c3ccc(C4=CCN(C(=O)OC(C)(C)C)CC4)c(F)c3)cn2)CC1. The Morgan fingerprint density at radius 3 is 1.86 bits per heavy atom. The average molecular weight is 579 g/mol. The molecule has 0 bridgehead atoms. The van der Waals surface area contributed by atoms with Crippen LogP contribution in [0.5, 0.6) is 0 Å². The summed E-state index contributed by atoms with van der Waals surface area (Å²) < 4.78 is 25.9. The predicted molar refractivity (Wildman–Crippen MR) is 159 cm³/mol. The van der Waals surface area contributed by atoms with Crippen LogP contribution in [0.4, 0.5) is 19.7 Å². The van der Waals surface area contributed by atoms with Gasteiger partial charge in [0, 0.05) is 37.3 Å². The lowest BCUT2D eigenvalue weighted by atomic mass is 9.97. The topological polar surface area (TPSA) is 101 Å². The van der Waals surface area contributed by atoms with Crippen LogP contribution in [0.2, 0.25) is 0 Å². The molecule has 1 aromatic heterocycles. The number of carbonyl (C=O) groups is 3. The number of amides is 3. The molecule has 3 heterocycles. The Balaban J connectivity index is 1.33. The highest BCUT2D eigenvalue weighted by Gasteiger charge is 2.26. The van der Waals surface area contributed by atoms with E-state index < -0.39 is 29.0 Å². The zero-order chi connectivity index (χ0) is 30.7. The van der Waals surface area contributed by atoms with Gasteiger partial charge >= 0.3 is 12.2 Å². The van der Waals surface area contributed by atoms with E-state index in [2.05, 4.69) is 10.3 Å². The number of hydrogen-bond acceptors (Lipinski definition) is 6. The normalized spacial score (nSPS) is 15.9. The average Bonchev–Trinajstić information content (AvgIpc) is 2.92. The first kappa shape index (κ1) is 30.7. The number of aromatic nitrogens is 1. The van der Waals surface area contributed by atoms with E-state index in [4.69, 9.17) is 9.47 Å². The van der Waals surface area contributed by atoms with Crippen LogP contribution in [-0.2, 0) is 9.47 Å². The summed E-state index contributed by atoms with van der Waals surface area (Å²) in [6, 6.07) is 7.95. The van der Waals surface area contributed by atoms with Gasteiger partial charge in [-0.25, -0.2) is 14.0 Å². The summed E-state index contributed by atoms with van der Waals surface area (Å²) in [4.78, 5) is 45.1. The second-order valence-electron chi connectivity index (χ2n) is 12.4. The Hall–Kier alpha value is -4.21. The second kappa shape index (κ2) is 12.3. The molecule has 0 radical (unpaired) electrons. The van der Waals surface area contributed by atoms with E-state index >= 15 is 4.39 Å². The van der Waals surface area contributed by atoms with E-state index in [9.17, 15) is 14.4 Å². The largest absolute Gasteiger partial charge is 0.444 e. The van der Waals surface area contributed by atoms with Crippen LogP contribution in [-0.4, -0.2) is 70.3 Å². The van der Waals surface area contributed by atoms with Crippen molar-refractivity contribution in [3.05, 3.63) is 71.3 Å². The summed E-state index contributed by atoms with van der Waals surface area (Å²) >= 11 is 0. The van der Waals surface area contributed by atoms with Crippen molar-refractivity contribution in [3.8, 4) is 0 Å². The molecule has 42 heavy (non-hydrogen) atoms. The molecule has 1 aromatic carbocycles. The monoisotopic (exact) mass is 578 g/mol. The maximum atomic E-state index is 15.1. The molecule has 0 spiro atoms. The van der Waals surface area contributed by atoms with Gasteiger partial charge in [-0.05, 0) is 89.8 Å². The Morgan fingerprint density at radius 2 is 1.40 bits per heavy atom. The number of benzene rings is 1. The minimum absolute atomic E-state index is 0.185. The van der Waals surface area contributed by atoms with E-state index in [0.717, 1.165) is 16.8 Å². The highest BCUT2D eigenvalue weighted by molar-refractivity contribution is 6.04. The number of rotatable bonds is 4. The molecule has 2 aromatic rings. The summed E-state index contributed by atoms with van der Waals surface area (Å²) in [5.41, 5.74) is 2.51. The van der Waals surface area contributed by atoms with Crippen molar-refractivity contribution < 1.29 is 28.2 Å². The van der Waals surface area contributed by atoms with Gasteiger partial charge in [-0.2, -0.15) is 0 Å². The molecule has 3 amide bonds. The fourth-order valence-electron chi connectivity index (χ4n) is 4.58. The van der Waals surface area contributed by atoms with Crippen LogP contribution in [0.1, 0.15) is 76.0 Å². The van der Waals surface area contributed by atoms with Crippen molar-refractivity contribution in [1.29, 1.82) is 0 Å².